The molecule has 0 radical (unpaired) electrons. The van der Waals surface area contributed by atoms with Crippen LogP contribution in [0.25, 0.3) is 0 Å². The van der Waals surface area contributed by atoms with Crippen LogP contribution in [-0.4, -0.2) is 48.8 Å². The van der Waals surface area contributed by atoms with Crippen LogP contribution in [0.1, 0.15) is 39.5 Å². The van der Waals surface area contributed by atoms with Crippen molar-refractivity contribution in [3.63, 3.8) is 0 Å². The molecule has 1 N–H and O–H groups in total. The van der Waals surface area contributed by atoms with Crippen molar-refractivity contribution in [2.75, 3.05) is 32.9 Å². The molecule has 1 aliphatic heterocycles. The van der Waals surface area contributed by atoms with Gasteiger partial charge in [0, 0.05) is 25.1 Å². The zero-order valence-electron chi connectivity index (χ0n) is 11.1. The molecule has 17 heavy (non-hydrogen) atoms. The molecular formula is C13H25NO3. The van der Waals surface area contributed by atoms with E-state index in [1.807, 2.05) is 18.7 Å². The maximum Gasteiger partial charge on any atom is 0.228 e. The Bertz CT molecular complexity index is 235. The molecule has 4 nitrogen and oxygen atoms in total. The van der Waals surface area contributed by atoms with Crippen LogP contribution in [0, 0.1) is 5.41 Å². The van der Waals surface area contributed by atoms with Gasteiger partial charge in [-0.3, -0.25) is 4.79 Å². The third kappa shape index (κ3) is 4.64. The number of hydrogen-bond acceptors (Lipinski definition) is 3. The summed E-state index contributed by atoms with van der Waals surface area (Å²) in [5.74, 6) is 0.241. The quantitative estimate of drug-likeness (QED) is 0.718. The van der Waals surface area contributed by atoms with Gasteiger partial charge in [0.1, 0.15) is 0 Å². The maximum atomic E-state index is 12.3. The van der Waals surface area contributed by atoms with Crippen LogP contribution in [0.5, 0.6) is 0 Å². The molecule has 1 rings (SSSR count). The van der Waals surface area contributed by atoms with Crippen LogP contribution in [0.3, 0.4) is 0 Å². The molecule has 1 heterocycles. The highest BCUT2D eigenvalue weighted by Crippen LogP contribution is 2.26. The molecule has 0 spiro atoms. The lowest BCUT2D eigenvalue weighted by Crippen LogP contribution is -2.46. The van der Waals surface area contributed by atoms with Gasteiger partial charge in [-0.25, -0.2) is 0 Å². The fourth-order valence-corrected chi connectivity index (χ4v) is 2.16. The van der Waals surface area contributed by atoms with Gasteiger partial charge < -0.3 is 14.7 Å². The Morgan fingerprint density at radius 2 is 1.88 bits per heavy atom. The van der Waals surface area contributed by atoms with E-state index in [1.54, 1.807) is 0 Å². The van der Waals surface area contributed by atoms with Gasteiger partial charge in [0.25, 0.3) is 0 Å². The monoisotopic (exact) mass is 243 g/mol. The van der Waals surface area contributed by atoms with Crippen LogP contribution in [0.15, 0.2) is 0 Å². The zero-order chi connectivity index (χ0) is 12.7. The van der Waals surface area contributed by atoms with E-state index in [-0.39, 0.29) is 17.9 Å². The van der Waals surface area contributed by atoms with Gasteiger partial charge in [-0.1, -0.05) is 26.7 Å². The molecule has 0 aliphatic carbocycles. The first-order valence-electron chi connectivity index (χ1n) is 6.56. The second-order valence-electron chi connectivity index (χ2n) is 5.32. The van der Waals surface area contributed by atoms with E-state index in [2.05, 4.69) is 0 Å². The Hall–Kier alpha value is -0.610. The molecule has 0 aromatic heterocycles. The fraction of sp³-hybridized carbons (Fsp3) is 0.923. The standard InChI is InChI=1S/C13H25NO3/c1-13(2,6-4-3-5-9-15)12(16)14-7-10-17-11-8-14/h15H,3-11H2,1-2H3. The summed E-state index contributed by atoms with van der Waals surface area (Å²) in [4.78, 5) is 14.2. The number of aliphatic hydroxyl groups excluding tert-OH is 1. The van der Waals surface area contributed by atoms with Crippen LogP contribution in [0.2, 0.25) is 0 Å². The Kier molecular flexibility index (Phi) is 5.92. The fourth-order valence-electron chi connectivity index (χ4n) is 2.16. The SMILES string of the molecule is CC(C)(CCCCCO)C(=O)N1CCOCC1. The minimum Gasteiger partial charge on any atom is -0.396 e. The van der Waals surface area contributed by atoms with Crippen molar-refractivity contribution in [1.82, 2.24) is 4.90 Å². The van der Waals surface area contributed by atoms with E-state index < -0.39 is 0 Å². The van der Waals surface area contributed by atoms with Crippen molar-refractivity contribution < 1.29 is 14.6 Å². The van der Waals surface area contributed by atoms with Crippen molar-refractivity contribution in [3.8, 4) is 0 Å². The Morgan fingerprint density at radius 1 is 1.24 bits per heavy atom. The normalized spacial score (nSPS) is 17.2. The van der Waals surface area contributed by atoms with E-state index in [0.29, 0.717) is 13.2 Å². The number of ether oxygens (including phenoxy) is 1. The topological polar surface area (TPSA) is 49.8 Å². The summed E-state index contributed by atoms with van der Waals surface area (Å²) in [6.45, 7) is 7.04. The molecule has 4 heteroatoms. The van der Waals surface area contributed by atoms with E-state index in [4.69, 9.17) is 9.84 Å². The lowest BCUT2D eigenvalue weighted by molar-refractivity contribution is -0.144. The summed E-state index contributed by atoms with van der Waals surface area (Å²) in [5.41, 5.74) is -0.285. The predicted molar refractivity (Wildman–Crippen MR) is 66.7 cm³/mol. The molecular weight excluding hydrogens is 218 g/mol. The largest absolute Gasteiger partial charge is 0.396 e. The van der Waals surface area contributed by atoms with Crippen LogP contribution >= 0.6 is 0 Å². The van der Waals surface area contributed by atoms with E-state index in [9.17, 15) is 4.79 Å². The number of rotatable bonds is 6. The number of morpholine rings is 1. The Labute approximate surface area is 104 Å². The zero-order valence-corrected chi connectivity index (χ0v) is 11.1. The van der Waals surface area contributed by atoms with Crippen LogP contribution in [-0.2, 0) is 9.53 Å². The maximum absolute atomic E-state index is 12.3. The van der Waals surface area contributed by atoms with Gasteiger partial charge in [0.15, 0.2) is 0 Å². The number of aliphatic hydroxyl groups is 1. The lowest BCUT2D eigenvalue weighted by Gasteiger charge is -2.34. The number of carbonyl (C=O) groups excluding carboxylic acids is 1. The van der Waals surface area contributed by atoms with Crippen molar-refractivity contribution >= 4 is 5.91 Å². The van der Waals surface area contributed by atoms with Crippen molar-refractivity contribution in [2.24, 2.45) is 5.41 Å². The smallest absolute Gasteiger partial charge is 0.228 e. The molecule has 0 bridgehead atoms. The second kappa shape index (κ2) is 6.97. The molecule has 0 unspecified atom stereocenters. The lowest BCUT2D eigenvalue weighted by atomic mass is 9.85. The third-order valence-electron chi connectivity index (χ3n) is 3.34. The highest BCUT2D eigenvalue weighted by atomic mass is 16.5. The van der Waals surface area contributed by atoms with Crippen LogP contribution in [0.4, 0.5) is 0 Å². The van der Waals surface area contributed by atoms with E-state index >= 15 is 0 Å². The van der Waals surface area contributed by atoms with E-state index in [1.165, 1.54) is 0 Å². The molecule has 1 amide bonds. The first-order chi connectivity index (χ1) is 8.08. The van der Waals surface area contributed by atoms with Gasteiger partial charge >= 0.3 is 0 Å². The van der Waals surface area contributed by atoms with Gasteiger partial charge in [-0.15, -0.1) is 0 Å². The van der Waals surface area contributed by atoms with Gasteiger partial charge in [-0.2, -0.15) is 0 Å². The summed E-state index contributed by atoms with van der Waals surface area (Å²) >= 11 is 0. The number of unbranched alkanes of at least 4 members (excludes halogenated alkanes) is 2. The predicted octanol–water partition coefficient (Wildman–Crippen LogP) is 1.42. The average Bonchev–Trinajstić information content (AvgIpc) is 2.35. The first kappa shape index (κ1) is 14.5. The van der Waals surface area contributed by atoms with E-state index in [0.717, 1.165) is 38.8 Å². The minimum absolute atomic E-state index is 0.241. The summed E-state index contributed by atoms with van der Waals surface area (Å²) in [5, 5.41) is 8.72. The van der Waals surface area contributed by atoms with Crippen molar-refractivity contribution in [2.45, 2.75) is 39.5 Å². The van der Waals surface area contributed by atoms with Gasteiger partial charge in [-0.05, 0) is 12.8 Å². The highest BCUT2D eigenvalue weighted by Gasteiger charge is 2.32. The molecule has 1 fully saturated rings. The third-order valence-corrected chi connectivity index (χ3v) is 3.34. The van der Waals surface area contributed by atoms with Crippen LogP contribution < -0.4 is 0 Å². The van der Waals surface area contributed by atoms with Gasteiger partial charge in [0.2, 0.25) is 5.91 Å². The average molecular weight is 243 g/mol. The summed E-state index contributed by atoms with van der Waals surface area (Å²) < 4.78 is 5.25. The summed E-state index contributed by atoms with van der Waals surface area (Å²) in [6, 6.07) is 0. The molecule has 100 valence electrons. The molecule has 0 aromatic rings. The molecule has 0 aromatic carbocycles. The molecule has 1 saturated heterocycles. The Morgan fingerprint density at radius 3 is 2.47 bits per heavy atom. The second-order valence-corrected chi connectivity index (χ2v) is 5.32. The minimum atomic E-state index is -0.285. The summed E-state index contributed by atoms with van der Waals surface area (Å²) in [7, 11) is 0. The Balaban J connectivity index is 2.36. The first-order valence-corrected chi connectivity index (χ1v) is 6.56. The number of hydrogen-bond donors (Lipinski definition) is 1. The van der Waals surface area contributed by atoms with Crippen molar-refractivity contribution in [3.05, 3.63) is 0 Å². The molecule has 0 atom stereocenters. The number of amides is 1. The number of carbonyl (C=O) groups is 1. The number of nitrogens with zero attached hydrogens (tertiary/aromatic N) is 1. The molecule has 1 aliphatic rings. The van der Waals surface area contributed by atoms with Gasteiger partial charge in [0.05, 0.1) is 13.2 Å². The van der Waals surface area contributed by atoms with Crippen molar-refractivity contribution in [1.29, 1.82) is 0 Å². The highest BCUT2D eigenvalue weighted by molar-refractivity contribution is 5.82. The summed E-state index contributed by atoms with van der Waals surface area (Å²) in [6.07, 6.45) is 3.73. The molecule has 0 saturated carbocycles.